The van der Waals surface area contributed by atoms with Gasteiger partial charge in [-0.05, 0) is 19.8 Å². The maximum Gasteiger partial charge on any atom is 0.472 e. The summed E-state index contributed by atoms with van der Waals surface area (Å²) >= 11 is 0. The van der Waals surface area contributed by atoms with Crippen molar-refractivity contribution in [3.05, 3.63) is 0 Å². The lowest BCUT2D eigenvalue weighted by molar-refractivity contribution is -0.0996. The number of methoxy groups -OCH3 is 2. The molecule has 0 aromatic heterocycles. The fourth-order valence-electron chi connectivity index (χ4n) is 3.55. The first-order chi connectivity index (χ1) is 14.5. The summed E-state index contributed by atoms with van der Waals surface area (Å²) in [5.41, 5.74) is -0.380. The van der Waals surface area contributed by atoms with Gasteiger partial charge < -0.3 is 33.7 Å². The van der Waals surface area contributed by atoms with E-state index in [1.54, 1.807) is 0 Å². The van der Waals surface area contributed by atoms with Crippen molar-refractivity contribution in [1.82, 2.24) is 0 Å². The van der Waals surface area contributed by atoms with E-state index < -0.39 is 63.1 Å². The van der Waals surface area contributed by atoms with E-state index in [9.17, 15) is 14.6 Å². The largest absolute Gasteiger partial charge is 0.472 e. The second-order valence-electron chi connectivity index (χ2n) is 7.97. The Morgan fingerprint density at radius 3 is 2.03 bits per heavy atom. The van der Waals surface area contributed by atoms with Crippen LogP contribution in [0.15, 0.2) is 0 Å². The zero-order valence-corrected chi connectivity index (χ0v) is 19.6. The summed E-state index contributed by atoms with van der Waals surface area (Å²) in [6.45, 7) is 5.63. The van der Waals surface area contributed by atoms with Gasteiger partial charge in [-0.2, -0.15) is 0 Å². The molecule has 0 aromatic carbocycles. The number of aliphatic hydroxyl groups is 1. The molecular weight excluding hydrogens is 429 g/mol. The second-order valence-corrected chi connectivity index (χ2v) is 9.38. The Morgan fingerprint density at radius 1 is 0.968 bits per heavy atom. The molecule has 2 rings (SSSR count). The molecule has 9 unspecified atom stereocenters. The molecule has 4 radical (unpaired) electrons. The average molecular weight is 462 g/mol. The second kappa shape index (κ2) is 11.4. The van der Waals surface area contributed by atoms with E-state index in [2.05, 4.69) is 0 Å². The Hall–Kier alpha value is -0.000130. The molecule has 2 saturated heterocycles. The maximum absolute atomic E-state index is 12.6. The molecule has 13 heteroatoms. The molecule has 2 fully saturated rings. The minimum atomic E-state index is -4.61. The molecule has 0 aromatic rings. The van der Waals surface area contributed by atoms with Crippen LogP contribution in [0.5, 0.6) is 0 Å². The number of phosphoric acid groups is 1. The van der Waals surface area contributed by atoms with Gasteiger partial charge in [-0.15, -0.1) is 0 Å². The molecule has 2 aliphatic rings. The van der Waals surface area contributed by atoms with Crippen LogP contribution in [0.25, 0.3) is 0 Å². The summed E-state index contributed by atoms with van der Waals surface area (Å²) in [5, 5.41) is 10.2. The zero-order valence-electron chi connectivity index (χ0n) is 18.7. The SMILES string of the molecule is [B]C1OC(COP(=O)(O)OC2C(COC(C)(CC)CC)OC([B])C2OC)C(O)C1OC. The Bertz CT molecular complexity index is 610. The highest BCUT2D eigenvalue weighted by Gasteiger charge is 2.48. The van der Waals surface area contributed by atoms with Gasteiger partial charge in [0.25, 0.3) is 0 Å². The summed E-state index contributed by atoms with van der Waals surface area (Å²) in [4.78, 5) is 10.3. The Balaban J connectivity index is 2.01. The lowest BCUT2D eigenvalue weighted by atomic mass is 9.93. The third-order valence-corrected chi connectivity index (χ3v) is 7.00. The molecule has 0 aliphatic carbocycles. The molecule has 176 valence electrons. The molecular formula is C18H33B2O10P. The summed E-state index contributed by atoms with van der Waals surface area (Å²) in [5.74, 6) is 0. The van der Waals surface area contributed by atoms with Crippen LogP contribution in [0, 0.1) is 0 Å². The topological polar surface area (TPSA) is 122 Å². The van der Waals surface area contributed by atoms with Gasteiger partial charge in [0.05, 0.1) is 18.8 Å². The van der Waals surface area contributed by atoms with Gasteiger partial charge in [0.1, 0.15) is 52.3 Å². The highest BCUT2D eigenvalue weighted by atomic mass is 31.2. The molecule has 10 nitrogen and oxygen atoms in total. The highest BCUT2D eigenvalue weighted by Crippen LogP contribution is 2.48. The monoisotopic (exact) mass is 462 g/mol. The van der Waals surface area contributed by atoms with Crippen molar-refractivity contribution in [2.75, 3.05) is 27.4 Å². The standard InChI is InChI=1S/C18H33B2O10P/c1-6-18(3,7-2)26-8-11-13(15(25-5)17(20)29-11)30-31(22,23)27-9-10-12(21)14(24-4)16(19)28-10/h10-17,21H,6-9H2,1-5H3,(H,22,23). The first-order valence-corrected chi connectivity index (χ1v) is 11.9. The average Bonchev–Trinajstić information content (AvgIpc) is 3.18. The highest BCUT2D eigenvalue weighted by molar-refractivity contribution is 7.47. The fraction of sp³-hybridized carbons (Fsp3) is 1.00. The Kier molecular flexibility index (Phi) is 10.0. The molecule has 0 spiro atoms. The van der Waals surface area contributed by atoms with Crippen molar-refractivity contribution in [2.45, 2.75) is 87.8 Å². The van der Waals surface area contributed by atoms with E-state index in [0.29, 0.717) is 0 Å². The minimum absolute atomic E-state index is 0.0885. The van der Waals surface area contributed by atoms with E-state index in [4.69, 9.17) is 48.4 Å². The summed E-state index contributed by atoms with van der Waals surface area (Å²) in [6.07, 6.45) is -3.89. The zero-order chi connectivity index (χ0) is 23.4. The number of rotatable bonds is 12. The number of aliphatic hydroxyl groups excluding tert-OH is 1. The predicted octanol–water partition coefficient (Wildman–Crippen LogP) is 0.262. The van der Waals surface area contributed by atoms with E-state index in [1.807, 2.05) is 20.8 Å². The molecule has 0 bridgehead atoms. The maximum atomic E-state index is 12.6. The predicted molar refractivity (Wildman–Crippen MR) is 112 cm³/mol. The first-order valence-electron chi connectivity index (χ1n) is 10.4. The van der Waals surface area contributed by atoms with E-state index in [-0.39, 0.29) is 12.2 Å². The molecule has 0 amide bonds. The van der Waals surface area contributed by atoms with Crippen LogP contribution in [0.3, 0.4) is 0 Å². The van der Waals surface area contributed by atoms with Crippen molar-refractivity contribution in [3.63, 3.8) is 0 Å². The van der Waals surface area contributed by atoms with Crippen molar-refractivity contribution < 1.29 is 47.3 Å². The lowest BCUT2D eigenvalue weighted by Gasteiger charge is -2.31. The van der Waals surface area contributed by atoms with E-state index in [1.165, 1.54) is 14.2 Å². The van der Waals surface area contributed by atoms with Crippen LogP contribution in [0.4, 0.5) is 0 Å². The molecule has 31 heavy (non-hydrogen) atoms. The van der Waals surface area contributed by atoms with Crippen molar-refractivity contribution in [2.24, 2.45) is 0 Å². The van der Waals surface area contributed by atoms with Gasteiger partial charge in [-0.1, -0.05) is 13.8 Å². The number of ether oxygens (including phenoxy) is 5. The van der Waals surface area contributed by atoms with Gasteiger partial charge in [0, 0.05) is 26.2 Å². The fourth-order valence-corrected chi connectivity index (χ4v) is 4.51. The van der Waals surface area contributed by atoms with E-state index >= 15 is 0 Å². The van der Waals surface area contributed by atoms with Crippen LogP contribution >= 0.6 is 7.82 Å². The molecule has 9 atom stereocenters. The van der Waals surface area contributed by atoms with Crippen LogP contribution < -0.4 is 0 Å². The lowest BCUT2D eigenvalue weighted by Crippen LogP contribution is -2.40. The van der Waals surface area contributed by atoms with Crippen LogP contribution in [-0.2, 0) is 37.3 Å². The third-order valence-electron chi connectivity index (χ3n) is 6.01. The van der Waals surface area contributed by atoms with Crippen LogP contribution in [-0.4, -0.2) is 107 Å². The van der Waals surface area contributed by atoms with Crippen LogP contribution in [0.2, 0.25) is 0 Å². The Morgan fingerprint density at radius 2 is 1.52 bits per heavy atom. The number of hydrogen-bond acceptors (Lipinski definition) is 9. The van der Waals surface area contributed by atoms with Gasteiger partial charge in [0.15, 0.2) is 0 Å². The van der Waals surface area contributed by atoms with Gasteiger partial charge in [-0.3, -0.25) is 9.05 Å². The van der Waals surface area contributed by atoms with Crippen LogP contribution in [0.1, 0.15) is 33.6 Å². The Labute approximate surface area is 186 Å². The number of phosphoric ester groups is 1. The molecule has 2 N–H and O–H groups in total. The van der Waals surface area contributed by atoms with Gasteiger partial charge >= 0.3 is 7.82 Å². The molecule has 2 heterocycles. The van der Waals surface area contributed by atoms with Gasteiger partial charge in [-0.25, -0.2) is 4.57 Å². The summed E-state index contributed by atoms with van der Waals surface area (Å²) in [7, 11) is 9.84. The summed E-state index contributed by atoms with van der Waals surface area (Å²) < 4.78 is 50.4. The van der Waals surface area contributed by atoms with Crippen molar-refractivity contribution >= 4 is 23.5 Å². The molecule has 0 saturated carbocycles. The molecule has 2 aliphatic heterocycles. The number of hydrogen-bond donors (Lipinski definition) is 2. The normalized spacial score (nSPS) is 38.4. The van der Waals surface area contributed by atoms with Crippen molar-refractivity contribution in [1.29, 1.82) is 0 Å². The first kappa shape index (κ1) is 27.2. The minimum Gasteiger partial charge on any atom is -0.388 e. The van der Waals surface area contributed by atoms with Gasteiger partial charge in [0.2, 0.25) is 0 Å². The third kappa shape index (κ3) is 6.76. The van der Waals surface area contributed by atoms with Crippen molar-refractivity contribution in [3.8, 4) is 0 Å². The summed E-state index contributed by atoms with van der Waals surface area (Å²) in [6, 6.07) is -1.77. The van der Waals surface area contributed by atoms with E-state index in [0.717, 1.165) is 12.8 Å². The smallest absolute Gasteiger partial charge is 0.388 e. The quantitative estimate of drug-likeness (QED) is 0.309.